The van der Waals surface area contributed by atoms with Gasteiger partial charge in [-0.2, -0.15) is 0 Å². The molecule has 0 saturated carbocycles. The SMILES string of the molecule is CNS(=O)(=O)c1cccc(NC(=O)C2CNCCO2)c1. The summed E-state index contributed by atoms with van der Waals surface area (Å²) in [4.78, 5) is 12.1. The maximum atomic E-state index is 12.0. The number of carbonyl (C=O) groups excluding carboxylic acids is 1. The van der Waals surface area contributed by atoms with E-state index in [1.54, 1.807) is 12.1 Å². The van der Waals surface area contributed by atoms with Gasteiger partial charge in [-0.1, -0.05) is 6.07 Å². The summed E-state index contributed by atoms with van der Waals surface area (Å²) in [6, 6.07) is 6.06. The molecule has 0 spiro atoms. The lowest BCUT2D eigenvalue weighted by atomic mass is 10.2. The standard InChI is InChI=1S/C12H17N3O4S/c1-13-20(17,18)10-4-2-3-9(7-10)15-12(16)11-8-14-5-6-19-11/h2-4,7,11,13-14H,5-6,8H2,1H3,(H,15,16). The summed E-state index contributed by atoms with van der Waals surface area (Å²) in [6.45, 7) is 1.65. The zero-order chi connectivity index (χ0) is 14.6. The van der Waals surface area contributed by atoms with Gasteiger partial charge in [0.05, 0.1) is 11.5 Å². The van der Waals surface area contributed by atoms with Crippen molar-refractivity contribution >= 4 is 21.6 Å². The van der Waals surface area contributed by atoms with Gasteiger partial charge in [-0.15, -0.1) is 0 Å². The first-order chi connectivity index (χ1) is 9.53. The van der Waals surface area contributed by atoms with E-state index in [4.69, 9.17) is 4.74 Å². The van der Waals surface area contributed by atoms with Gasteiger partial charge < -0.3 is 15.4 Å². The number of benzene rings is 1. The second kappa shape index (κ2) is 6.31. The third kappa shape index (κ3) is 3.54. The van der Waals surface area contributed by atoms with Crippen LogP contribution in [0.3, 0.4) is 0 Å². The lowest BCUT2D eigenvalue weighted by Crippen LogP contribution is -2.45. The van der Waals surface area contributed by atoms with E-state index in [0.717, 1.165) is 6.54 Å². The van der Waals surface area contributed by atoms with Crippen LogP contribution >= 0.6 is 0 Å². The number of hydrogen-bond donors (Lipinski definition) is 3. The number of anilines is 1. The predicted octanol–water partition coefficient (Wildman–Crippen LogP) is -0.478. The summed E-state index contributed by atoms with van der Waals surface area (Å²) in [7, 11) is -2.19. The van der Waals surface area contributed by atoms with Crippen molar-refractivity contribution in [3.8, 4) is 0 Å². The first-order valence-corrected chi connectivity index (χ1v) is 7.68. The Labute approximate surface area is 117 Å². The number of hydrogen-bond acceptors (Lipinski definition) is 5. The van der Waals surface area contributed by atoms with Crippen molar-refractivity contribution in [1.82, 2.24) is 10.0 Å². The van der Waals surface area contributed by atoms with Crippen molar-refractivity contribution in [2.45, 2.75) is 11.0 Å². The summed E-state index contributed by atoms with van der Waals surface area (Å²) in [6.07, 6.45) is -0.562. The molecule has 1 amide bonds. The smallest absolute Gasteiger partial charge is 0.254 e. The zero-order valence-corrected chi connectivity index (χ0v) is 11.9. The van der Waals surface area contributed by atoms with E-state index in [9.17, 15) is 13.2 Å². The molecule has 1 aliphatic rings. The number of ether oxygens (including phenoxy) is 1. The van der Waals surface area contributed by atoms with E-state index in [1.165, 1.54) is 19.2 Å². The minimum Gasteiger partial charge on any atom is -0.366 e. The van der Waals surface area contributed by atoms with Crippen LogP contribution in [-0.4, -0.2) is 47.2 Å². The number of carbonyl (C=O) groups is 1. The van der Waals surface area contributed by atoms with Crippen molar-refractivity contribution in [2.24, 2.45) is 0 Å². The molecule has 20 heavy (non-hydrogen) atoms. The summed E-state index contributed by atoms with van der Waals surface area (Å²) in [5.41, 5.74) is 0.417. The highest BCUT2D eigenvalue weighted by Gasteiger charge is 2.22. The number of rotatable bonds is 4. The molecule has 1 aliphatic heterocycles. The van der Waals surface area contributed by atoms with Crippen LogP contribution in [0.25, 0.3) is 0 Å². The fraction of sp³-hybridized carbons (Fsp3) is 0.417. The molecule has 1 atom stereocenters. The molecule has 7 nitrogen and oxygen atoms in total. The molecule has 1 heterocycles. The van der Waals surface area contributed by atoms with E-state index in [1.807, 2.05) is 0 Å². The van der Waals surface area contributed by atoms with E-state index in [0.29, 0.717) is 18.8 Å². The van der Waals surface area contributed by atoms with Gasteiger partial charge in [0.2, 0.25) is 10.0 Å². The van der Waals surface area contributed by atoms with Gasteiger partial charge in [0.25, 0.3) is 5.91 Å². The first-order valence-electron chi connectivity index (χ1n) is 6.20. The average Bonchev–Trinajstić information content (AvgIpc) is 2.48. The van der Waals surface area contributed by atoms with Crippen LogP contribution < -0.4 is 15.4 Å². The highest BCUT2D eigenvalue weighted by atomic mass is 32.2. The van der Waals surface area contributed by atoms with Gasteiger partial charge >= 0.3 is 0 Å². The van der Waals surface area contributed by atoms with Crippen LogP contribution in [-0.2, 0) is 19.6 Å². The third-order valence-corrected chi connectivity index (χ3v) is 4.31. The van der Waals surface area contributed by atoms with E-state index in [-0.39, 0.29) is 10.8 Å². The molecule has 1 fully saturated rings. The van der Waals surface area contributed by atoms with Crippen LogP contribution in [0.1, 0.15) is 0 Å². The lowest BCUT2D eigenvalue weighted by Gasteiger charge is -2.22. The monoisotopic (exact) mass is 299 g/mol. The molecule has 0 bridgehead atoms. The first kappa shape index (κ1) is 14.9. The Bertz CT molecular complexity index is 582. The van der Waals surface area contributed by atoms with Crippen LogP contribution in [0.4, 0.5) is 5.69 Å². The van der Waals surface area contributed by atoms with Gasteiger partial charge in [-0.05, 0) is 25.2 Å². The Morgan fingerprint density at radius 1 is 1.45 bits per heavy atom. The molecule has 3 N–H and O–H groups in total. The minimum absolute atomic E-state index is 0.0977. The normalized spacial score (nSPS) is 19.6. The molecule has 1 saturated heterocycles. The Morgan fingerprint density at radius 3 is 2.90 bits per heavy atom. The lowest BCUT2D eigenvalue weighted by molar-refractivity contribution is -0.128. The van der Waals surface area contributed by atoms with Crippen LogP contribution in [0.15, 0.2) is 29.2 Å². The topological polar surface area (TPSA) is 96.5 Å². The Balaban J connectivity index is 2.10. The molecule has 0 radical (unpaired) electrons. The Kier molecular flexibility index (Phi) is 4.71. The van der Waals surface area contributed by atoms with Crippen LogP contribution in [0.5, 0.6) is 0 Å². The summed E-state index contributed by atoms with van der Waals surface area (Å²) < 4.78 is 30.9. The Hall–Kier alpha value is -1.48. The molecule has 1 unspecified atom stereocenters. The largest absolute Gasteiger partial charge is 0.366 e. The number of nitrogens with one attached hydrogen (secondary N) is 3. The van der Waals surface area contributed by atoms with Crippen LogP contribution in [0.2, 0.25) is 0 Å². The molecule has 0 aliphatic carbocycles. The maximum absolute atomic E-state index is 12.0. The predicted molar refractivity (Wildman–Crippen MR) is 73.9 cm³/mol. The fourth-order valence-corrected chi connectivity index (χ4v) is 2.59. The van der Waals surface area contributed by atoms with Crippen molar-refractivity contribution < 1.29 is 17.9 Å². The molecular weight excluding hydrogens is 282 g/mol. The van der Waals surface area contributed by atoms with E-state index in [2.05, 4.69) is 15.4 Å². The number of morpholine rings is 1. The Morgan fingerprint density at radius 2 is 2.25 bits per heavy atom. The van der Waals surface area contributed by atoms with Crippen molar-refractivity contribution in [2.75, 3.05) is 32.1 Å². The van der Waals surface area contributed by atoms with E-state index >= 15 is 0 Å². The van der Waals surface area contributed by atoms with Gasteiger partial charge in [0.1, 0.15) is 6.10 Å². The highest BCUT2D eigenvalue weighted by Crippen LogP contribution is 2.15. The van der Waals surface area contributed by atoms with Crippen molar-refractivity contribution in [1.29, 1.82) is 0 Å². The number of sulfonamides is 1. The van der Waals surface area contributed by atoms with Crippen molar-refractivity contribution in [3.63, 3.8) is 0 Å². The molecule has 8 heteroatoms. The summed E-state index contributed by atoms with van der Waals surface area (Å²) in [5, 5.41) is 5.71. The molecular formula is C12H17N3O4S. The molecule has 1 aromatic rings. The molecule has 110 valence electrons. The van der Waals surface area contributed by atoms with E-state index < -0.39 is 16.1 Å². The number of amides is 1. The molecule has 1 aromatic carbocycles. The van der Waals surface area contributed by atoms with Crippen LogP contribution in [0, 0.1) is 0 Å². The second-order valence-electron chi connectivity index (χ2n) is 4.29. The minimum atomic E-state index is -3.53. The van der Waals surface area contributed by atoms with Gasteiger partial charge in [0, 0.05) is 18.8 Å². The van der Waals surface area contributed by atoms with Gasteiger partial charge in [0.15, 0.2) is 0 Å². The molecule has 2 rings (SSSR count). The highest BCUT2D eigenvalue weighted by molar-refractivity contribution is 7.89. The van der Waals surface area contributed by atoms with Gasteiger partial charge in [-0.25, -0.2) is 13.1 Å². The second-order valence-corrected chi connectivity index (χ2v) is 6.17. The average molecular weight is 299 g/mol. The maximum Gasteiger partial charge on any atom is 0.254 e. The van der Waals surface area contributed by atoms with Crippen molar-refractivity contribution in [3.05, 3.63) is 24.3 Å². The third-order valence-electron chi connectivity index (χ3n) is 2.90. The summed E-state index contributed by atoms with van der Waals surface area (Å²) in [5.74, 6) is -0.295. The van der Waals surface area contributed by atoms with Gasteiger partial charge in [-0.3, -0.25) is 4.79 Å². The quantitative estimate of drug-likeness (QED) is 0.698. The fourth-order valence-electron chi connectivity index (χ4n) is 1.82. The molecule has 0 aromatic heterocycles. The summed E-state index contributed by atoms with van der Waals surface area (Å²) >= 11 is 0. The zero-order valence-electron chi connectivity index (χ0n) is 11.0.